The molecule has 1 amide bonds. The van der Waals surface area contributed by atoms with Gasteiger partial charge in [0, 0.05) is 35.6 Å². The van der Waals surface area contributed by atoms with Crippen LogP contribution >= 0.6 is 11.3 Å². The Labute approximate surface area is 161 Å². The number of anilines is 1. The second-order valence-corrected chi connectivity index (χ2v) is 8.93. The highest BCUT2D eigenvalue weighted by Gasteiger charge is 2.43. The van der Waals surface area contributed by atoms with Gasteiger partial charge in [0.15, 0.2) is 0 Å². The number of amides is 1. The molecular weight excluding hydrogens is 366 g/mol. The molecule has 0 unspecified atom stereocenters. The molecular formula is C19H25NO4SSi. The molecule has 0 aliphatic heterocycles. The van der Waals surface area contributed by atoms with Crippen molar-refractivity contribution in [3.05, 3.63) is 52.7 Å². The average molecular weight is 393 g/mol. The Bertz CT molecular complexity index is 746. The lowest BCUT2D eigenvalue weighted by atomic mass is 10.3. The number of benzene rings is 1. The maximum Gasteiger partial charge on any atom is 0.537 e. The van der Waals surface area contributed by atoms with E-state index < -0.39 is 8.80 Å². The fourth-order valence-electron chi connectivity index (χ4n) is 2.46. The van der Waals surface area contributed by atoms with Gasteiger partial charge in [-0.2, -0.15) is 0 Å². The molecule has 26 heavy (non-hydrogen) atoms. The summed E-state index contributed by atoms with van der Waals surface area (Å²) in [6.45, 7) is 8.45. The Morgan fingerprint density at radius 3 is 2.27 bits per heavy atom. The third-order valence-corrected chi connectivity index (χ3v) is 7.61. The van der Waals surface area contributed by atoms with Gasteiger partial charge in [-0.15, -0.1) is 11.3 Å². The highest BCUT2D eigenvalue weighted by molar-refractivity contribution is 7.15. The Morgan fingerprint density at radius 2 is 1.73 bits per heavy atom. The molecule has 1 aromatic heterocycles. The van der Waals surface area contributed by atoms with Gasteiger partial charge in [-0.05, 0) is 45.0 Å². The van der Waals surface area contributed by atoms with Crippen LogP contribution in [0.4, 0.5) is 5.69 Å². The highest BCUT2D eigenvalue weighted by atomic mass is 32.1. The van der Waals surface area contributed by atoms with Crippen molar-refractivity contribution in [1.82, 2.24) is 0 Å². The second-order valence-electron chi connectivity index (χ2n) is 5.26. The predicted octanol–water partition coefficient (Wildman–Crippen LogP) is 3.90. The first-order valence-corrected chi connectivity index (χ1v) is 11.1. The van der Waals surface area contributed by atoms with Gasteiger partial charge < -0.3 is 18.6 Å². The van der Waals surface area contributed by atoms with E-state index in [0.717, 1.165) is 10.1 Å². The molecule has 1 N–H and O–H groups in total. The maximum absolute atomic E-state index is 12.4. The summed E-state index contributed by atoms with van der Waals surface area (Å²) in [6, 6.07) is 11.0. The van der Waals surface area contributed by atoms with Gasteiger partial charge in [-0.1, -0.05) is 24.8 Å². The first kappa shape index (κ1) is 19.0. The van der Waals surface area contributed by atoms with E-state index in [4.69, 9.17) is 14.6 Å². The number of thiophene rings is 1. The largest absolute Gasteiger partial charge is 0.537 e. The standard InChI is InChI=1S/C19H25NO4SSi/c1-5-16-11-14-18(25-16)19(21)20-15-9-12-17(13-10-15)26(22-6-2,23-7-3)24-8-4/h5,9-14H,1,6-8H2,2-4H3,(H,20,21)/i1D. The third kappa shape index (κ3) is 4.90. The van der Waals surface area contributed by atoms with Crippen LogP contribution in [0.5, 0.6) is 0 Å². The zero-order valence-electron chi connectivity index (χ0n) is 16.3. The van der Waals surface area contributed by atoms with E-state index in [2.05, 4.69) is 5.32 Å². The van der Waals surface area contributed by atoms with Gasteiger partial charge in [0.25, 0.3) is 5.91 Å². The van der Waals surface area contributed by atoms with Crippen LogP contribution < -0.4 is 10.5 Å². The fraction of sp³-hybridized carbons (Fsp3) is 0.316. The normalized spacial score (nSPS) is 12.3. The first-order chi connectivity index (χ1) is 13.1. The van der Waals surface area contributed by atoms with Crippen molar-refractivity contribution in [3.8, 4) is 0 Å². The molecule has 1 heterocycles. The molecule has 0 radical (unpaired) electrons. The van der Waals surface area contributed by atoms with Crippen molar-refractivity contribution in [3.63, 3.8) is 0 Å². The minimum Gasteiger partial charge on any atom is -0.370 e. The van der Waals surface area contributed by atoms with Crippen LogP contribution in [0, 0.1) is 0 Å². The molecule has 140 valence electrons. The van der Waals surface area contributed by atoms with Crippen LogP contribution in [0.25, 0.3) is 6.08 Å². The van der Waals surface area contributed by atoms with Crippen LogP contribution in [0.1, 0.15) is 36.7 Å². The molecule has 0 fully saturated rings. The fourth-order valence-corrected chi connectivity index (χ4v) is 5.66. The van der Waals surface area contributed by atoms with E-state index in [-0.39, 0.29) is 5.91 Å². The summed E-state index contributed by atoms with van der Waals surface area (Å²) in [5.74, 6) is -0.180. The number of carbonyl (C=O) groups is 1. The van der Waals surface area contributed by atoms with Gasteiger partial charge in [0.05, 0.1) is 6.25 Å². The molecule has 0 atom stereocenters. The number of nitrogens with one attached hydrogen (secondary N) is 1. The maximum atomic E-state index is 12.4. The Hall–Kier alpha value is -1.77. The van der Waals surface area contributed by atoms with Crippen molar-refractivity contribution in [1.29, 1.82) is 0 Å². The van der Waals surface area contributed by atoms with Crippen molar-refractivity contribution < 1.29 is 19.4 Å². The van der Waals surface area contributed by atoms with E-state index >= 15 is 0 Å². The molecule has 0 saturated heterocycles. The topological polar surface area (TPSA) is 56.8 Å². The van der Waals surface area contributed by atoms with Crippen molar-refractivity contribution in [2.75, 3.05) is 25.1 Å². The first-order valence-electron chi connectivity index (χ1n) is 9.14. The van der Waals surface area contributed by atoms with E-state index in [1.54, 1.807) is 12.1 Å². The van der Waals surface area contributed by atoms with Crippen molar-refractivity contribution >= 4 is 43.0 Å². The van der Waals surface area contributed by atoms with Gasteiger partial charge in [0.1, 0.15) is 0 Å². The molecule has 7 heteroatoms. The van der Waals surface area contributed by atoms with Crippen LogP contribution in [-0.4, -0.2) is 34.5 Å². The van der Waals surface area contributed by atoms with Crippen molar-refractivity contribution in [2.45, 2.75) is 20.8 Å². The van der Waals surface area contributed by atoms with Crippen LogP contribution in [0.2, 0.25) is 0 Å². The van der Waals surface area contributed by atoms with Crippen LogP contribution in [0.15, 0.2) is 43.0 Å². The highest BCUT2D eigenvalue weighted by Crippen LogP contribution is 2.19. The molecule has 0 saturated carbocycles. The van der Waals surface area contributed by atoms with Gasteiger partial charge >= 0.3 is 8.80 Å². The van der Waals surface area contributed by atoms with Crippen LogP contribution in [-0.2, 0) is 13.3 Å². The second kappa shape index (κ2) is 9.80. The predicted molar refractivity (Wildman–Crippen MR) is 109 cm³/mol. The molecule has 0 bridgehead atoms. The average Bonchev–Trinajstić information content (AvgIpc) is 3.12. The van der Waals surface area contributed by atoms with Gasteiger partial charge in [-0.25, -0.2) is 0 Å². The zero-order valence-corrected chi connectivity index (χ0v) is 17.1. The van der Waals surface area contributed by atoms with Gasteiger partial charge in [0.2, 0.25) is 0 Å². The summed E-state index contributed by atoms with van der Waals surface area (Å²) < 4.78 is 24.8. The van der Waals surface area contributed by atoms with Crippen LogP contribution in [0.3, 0.4) is 0 Å². The molecule has 1 aromatic carbocycles. The number of hydrogen-bond acceptors (Lipinski definition) is 5. The minimum absolute atomic E-state index is 0.180. The lowest BCUT2D eigenvalue weighted by Crippen LogP contribution is -2.56. The van der Waals surface area contributed by atoms with E-state index in [0.29, 0.717) is 30.4 Å². The number of rotatable bonds is 10. The third-order valence-electron chi connectivity index (χ3n) is 3.51. The smallest absolute Gasteiger partial charge is 0.370 e. The summed E-state index contributed by atoms with van der Waals surface area (Å²) >= 11 is 1.34. The van der Waals surface area contributed by atoms with E-state index in [1.807, 2.05) is 51.1 Å². The zero-order chi connectivity index (χ0) is 19.7. The number of carbonyl (C=O) groups excluding carboxylic acids is 1. The molecule has 2 rings (SSSR count). The Morgan fingerprint density at radius 1 is 1.12 bits per heavy atom. The monoisotopic (exact) mass is 392 g/mol. The summed E-state index contributed by atoms with van der Waals surface area (Å²) in [7, 11) is -2.94. The lowest BCUT2D eigenvalue weighted by molar-refractivity contribution is 0.0859. The van der Waals surface area contributed by atoms with Gasteiger partial charge in [-0.3, -0.25) is 4.79 Å². The summed E-state index contributed by atoms with van der Waals surface area (Å²) in [5, 5.41) is 3.75. The summed E-state index contributed by atoms with van der Waals surface area (Å²) in [6.07, 6.45) is 1.65. The SMILES string of the molecule is [2H]C=Cc1ccc(C(=O)Nc2ccc([Si](OCC)(OCC)OCC)cc2)s1. The number of hydrogen-bond donors (Lipinski definition) is 1. The molecule has 0 spiro atoms. The van der Waals surface area contributed by atoms with E-state index in [1.165, 1.54) is 17.9 Å². The van der Waals surface area contributed by atoms with E-state index in [9.17, 15) is 4.79 Å². The molecule has 2 aromatic rings. The summed E-state index contributed by atoms with van der Waals surface area (Å²) in [4.78, 5) is 13.8. The lowest BCUT2D eigenvalue weighted by Gasteiger charge is -2.28. The molecule has 5 nitrogen and oxygen atoms in total. The molecule has 0 aliphatic rings. The Balaban J connectivity index is 2.15. The van der Waals surface area contributed by atoms with Crippen molar-refractivity contribution in [2.24, 2.45) is 0 Å². The quantitative estimate of drug-likeness (QED) is 0.623. The molecule has 0 aliphatic carbocycles. The summed E-state index contributed by atoms with van der Waals surface area (Å²) in [5.41, 5.74) is 0.683. The minimum atomic E-state index is -2.94. The Kier molecular flexibility index (Phi) is 7.16.